The first kappa shape index (κ1) is 24.9. The molecule has 3 N–H and O–H groups in total. The van der Waals surface area contributed by atoms with Crippen LogP contribution in [0.3, 0.4) is 0 Å². The van der Waals surface area contributed by atoms with Gasteiger partial charge in [-0.05, 0) is 38.7 Å². The Morgan fingerprint density at radius 1 is 0.853 bits per heavy atom. The molecule has 0 bridgehead atoms. The van der Waals surface area contributed by atoms with Gasteiger partial charge in [0.1, 0.15) is 23.3 Å². The molecular formula is C25H24BrN3O5. The van der Waals surface area contributed by atoms with Gasteiger partial charge in [-0.3, -0.25) is 4.79 Å². The molecule has 0 fully saturated rings. The molecule has 34 heavy (non-hydrogen) atoms. The van der Waals surface area contributed by atoms with Crippen LogP contribution in [0.15, 0.2) is 83.6 Å². The van der Waals surface area contributed by atoms with Gasteiger partial charge in [-0.2, -0.15) is 0 Å². The lowest BCUT2D eigenvalue weighted by molar-refractivity contribution is -0.142. The fourth-order valence-electron chi connectivity index (χ4n) is 3.23. The highest BCUT2D eigenvalue weighted by atomic mass is 79.9. The van der Waals surface area contributed by atoms with Crippen molar-refractivity contribution in [2.24, 2.45) is 0 Å². The molecule has 1 heterocycles. The number of amides is 2. The number of nitrogens with one attached hydrogen (secondary N) is 2. The number of pyridine rings is 1. The third-order valence-corrected chi connectivity index (χ3v) is 5.69. The summed E-state index contributed by atoms with van der Waals surface area (Å²) in [5, 5.41) is 14.8. The summed E-state index contributed by atoms with van der Waals surface area (Å²) < 4.78 is 5.75. The van der Waals surface area contributed by atoms with E-state index in [1.54, 1.807) is 18.3 Å². The molecule has 2 aromatic carbocycles. The number of rotatable bonds is 10. The molecule has 176 valence electrons. The van der Waals surface area contributed by atoms with Crippen molar-refractivity contribution >= 4 is 33.9 Å². The van der Waals surface area contributed by atoms with Gasteiger partial charge in [0.25, 0.3) is 0 Å². The van der Waals surface area contributed by atoms with Crippen molar-refractivity contribution in [1.29, 1.82) is 0 Å². The minimum Gasteiger partial charge on any atom is -0.480 e. The number of nitrogens with zero attached hydrogens (tertiary/aromatic N) is 1. The Kier molecular flexibility index (Phi) is 9.16. The molecule has 3 aromatic rings. The Morgan fingerprint density at radius 2 is 1.50 bits per heavy atom. The van der Waals surface area contributed by atoms with Crippen LogP contribution < -0.4 is 10.6 Å². The molecule has 0 saturated heterocycles. The van der Waals surface area contributed by atoms with Crippen LogP contribution in [0.2, 0.25) is 0 Å². The Bertz CT molecular complexity index is 1110. The maximum Gasteiger partial charge on any atom is 0.408 e. The first-order chi connectivity index (χ1) is 16.4. The van der Waals surface area contributed by atoms with E-state index >= 15 is 0 Å². The summed E-state index contributed by atoms with van der Waals surface area (Å²) in [5.41, 5.74) is 2.23. The summed E-state index contributed by atoms with van der Waals surface area (Å²) >= 11 is 3.29. The van der Waals surface area contributed by atoms with Gasteiger partial charge in [-0.25, -0.2) is 14.6 Å². The second kappa shape index (κ2) is 12.5. The second-order valence-electron chi connectivity index (χ2n) is 7.51. The minimum absolute atomic E-state index is 0.0198. The largest absolute Gasteiger partial charge is 0.480 e. The van der Waals surface area contributed by atoms with Gasteiger partial charge in [-0.1, -0.05) is 66.7 Å². The number of ether oxygens (including phenoxy) is 1. The Morgan fingerprint density at radius 3 is 2.12 bits per heavy atom. The quantitative estimate of drug-likeness (QED) is 0.348. The highest BCUT2D eigenvalue weighted by molar-refractivity contribution is 9.10. The number of carboxylic acids is 1. The molecule has 2 amide bonds. The van der Waals surface area contributed by atoms with E-state index in [1.807, 2.05) is 60.7 Å². The lowest BCUT2D eigenvalue weighted by Gasteiger charge is -2.22. The van der Waals surface area contributed by atoms with Crippen molar-refractivity contribution in [1.82, 2.24) is 15.6 Å². The van der Waals surface area contributed by atoms with Gasteiger partial charge in [0.2, 0.25) is 5.91 Å². The number of carboxylic acid groups (broad SMARTS) is 1. The summed E-state index contributed by atoms with van der Waals surface area (Å²) in [4.78, 5) is 41.4. The summed E-state index contributed by atoms with van der Waals surface area (Å²) in [6.07, 6.45) is 0.979. The number of benzene rings is 2. The van der Waals surface area contributed by atoms with E-state index in [4.69, 9.17) is 4.74 Å². The third-order valence-electron chi connectivity index (χ3n) is 4.98. The van der Waals surface area contributed by atoms with Gasteiger partial charge < -0.3 is 20.5 Å². The van der Waals surface area contributed by atoms with E-state index in [0.29, 0.717) is 10.2 Å². The predicted molar refractivity (Wildman–Crippen MR) is 129 cm³/mol. The minimum atomic E-state index is -1.21. The lowest BCUT2D eigenvalue weighted by Crippen LogP contribution is -2.53. The van der Waals surface area contributed by atoms with Crippen LogP contribution in [0.5, 0.6) is 0 Å². The van der Waals surface area contributed by atoms with E-state index < -0.39 is 30.1 Å². The van der Waals surface area contributed by atoms with Crippen LogP contribution in [0, 0.1) is 0 Å². The van der Waals surface area contributed by atoms with Crippen LogP contribution in [0.25, 0.3) is 0 Å². The average molecular weight is 526 g/mol. The molecule has 0 radical (unpaired) electrons. The first-order valence-electron chi connectivity index (χ1n) is 10.6. The fraction of sp³-hybridized carbons (Fsp3) is 0.200. The van der Waals surface area contributed by atoms with Crippen molar-refractivity contribution in [2.75, 3.05) is 0 Å². The molecule has 8 nitrogen and oxygen atoms in total. The molecular weight excluding hydrogens is 502 g/mol. The zero-order valence-electron chi connectivity index (χ0n) is 18.2. The molecule has 0 unspecified atom stereocenters. The number of hydrogen-bond acceptors (Lipinski definition) is 5. The van der Waals surface area contributed by atoms with Gasteiger partial charge >= 0.3 is 12.1 Å². The highest BCUT2D eigenvalue weighted by Crippen LogP contribution is 2.15. The molecule has 2 atom stereocenters. The maximum atomic E-state index is 13.1. The predicted octanol–water partition coefficient (Wildman–Crippen LogP) is 3.49. The maximum absolute atomic E-state index is 13.1. The van der Waals surface area contributed by atoms with E-state index in [9.17, 15) is 19.5 Å². The smallest absolute Gasteiger partial charge is 0.408 e. The van der Waals surface area contributed by atoms with Crippen molar-refractivity contribution in [3.8, 4) is 0 Å². The van der Waals surface area contributed by atoms with Crippen molar-refractivity contribution in [2.45, 2.75) is 31.5 Å². The Balaban J connectivity index is 1.70. The molecule has 0 saturated carbocycles. The first-order valence-corrected chi connectivity index (χ1v) is 11.4. The molecule has 0 spiro atoms. The number of carbonyl (C=O) groups excluding carboxylic acids is 2. The Hall–Kier alpha value is -3.72. The molecule has 0 aliphatic carbocycles. The van der Waals surface area contributed by atoms with E-state index in [-0.39, 0.29) is 19.4 Å². The summed E-state index contributed by atoms with van der Waals surface area (Å²) in [6, 6.07) is 19.4. The number of alkyl carbamates (subject to hydrolysis) is 1. The molecule has 3 rings (SSSR count). The average Bonchev–Trinajstić information content (AvgIpc) is 2.84. The Labute approximate surface area is 205 Å². The zero-order valence-corrected chi connectivity index (χ0v) is 19.8. The number of halogens is 1. The van der Waals surface area contributed by atoms with E-state index in [2.05, 4.69) is 31.5 Å². The summed E-state index contributed by atoms with van der Waals surface area (Å²) in [5.74, 6) is -1.83. The van der Waals surface area contributed by atoms with Crippen LogP contribution in [-0.4, -0.2) is 40.1 Å². The highest BCUT2D eigenvalue weighted by Gasteiger charge is 2.28. The van der Waals surface area contributed by atoms with E-state index in [0.717, 1.165) is 11.1 Å². The van der Waals surface area contributed by atoms with Crippen LogP contribution >= 0.6 is 15.9 Å². The third kappa shape index (κ3) is 7.70. The standard InChI is InChI=1S/C25H24BrN3O5/c26-22-19(12-7-13-27-22)15-21(24(31)32)28-23(30)20(14-17-8-3-1-4-9-17)29-25(33)34-16-18-10-5-2-6-11-18/h1-13,20-21H,14-16H2,(H,28,30)(H,29,33)(H,31,32)/t20-,21+/m1/s1. The molecule has 0 aliphatic rings. The van der Waals surface area contributed by atoms with Crippen LogP contribution in [0.1, 0.15) is 16.7 Å². The number of hydrogen-bond donors (Lipinski definition) is 3. The van der Waals surface area contributed by atoms with Crippen LogP contribution in [-0.2, 0) is 33.8 Å². The summed E-state index contributed by atoms with van der Waals surface area (Å²) in [7, 11) is 0. The second-order valence-corrected chi connectivity index (χ2v) is 8.26. The van der Waals surface area contributed by atoms with E-state index in [1.165, 1.54) is 0 Å². The van der Waals surface area contributed by atoms with Crippen molar-refractivity contribution in [3.05, 3.63) is 100 Å². The number of aliphatic carboxylic acids is 1. The van der Waals surface area contributed by atoms with Crippen molar-refractivity contribution in [3.63, 3.8) is 0 Å². The topological polar surface area (TPSA) is 118 Å². The molecule has 9 heteroatoms. The van der Waals surface area contributed by atoms with Gasteiger partial charge in [0.05, 0.1) is 0 Å². The molecule has 1 aromatic heterocycles. The van der Waals surface area contributed by atoms with Gasteiger partial charge in [0.15, 0.2) is 0 Å². The fourth-order valence-corrected chi connectivity index (χ4v) is 3.64. The van der Waals surface area contributed by atoms with Crippen molar-refractivity contribution < 1.29 is 24.2 Å². The zero-order chi connectivity index (χ0) is 24.3. The van der Waals surface area contributed by atoms with Gasteiger partial charge in [-0.15, -0.1) is 0 Å². The molecule has 0 aliphatic heterocycles. The van der Waals surface area contributed by atoms with Crippen LogP contribution in [0.4, 0.5) is 4.79 Å². The lowest BCUT2D eigenvalue weighted by atomic mass is 10.0. The normalized spacial score (nSPS) is 12.3. The monoisotopic (exact) mass is 525 g/mol. The number of aromatic nitrogens is 1. The van der Waals surface area contributed by atoms with Gasteiger partial charge in [0, 0.05) is 19.0 Å². The SMILES string of the molecule is O=C(N[C@H](Cc1ccccc1)C(=O)N[C@@H](Cc1cccnc1Br)C(=O)O)OCc1ccccc1. The summed E-state index contributed by atoms with van der Waals surface area (Å²) in [6.45, 7) is 0.0408. The number of carbonyl (C=O) groups is 3.